The first-order valence-corrected chi connectivity index (χ1v) is 5.90. The Morgan fingerprint density at radius 1 is 1.35 bits per heavy atom. The van der Waals surface area contributed by atoms with E-state index in [0.29, 0.717) is 6.61 Å². The fourth-order valence-electron chi connectivity index (χ4n) is 1.38. The molecule has 0 aliphatic carbocycles. The lowest BCUT2D eigenvalue weighted by Gasteiger charge is -2.03. The molecule has 0 spiro atoms. The Labute approximate surface area is 102 Å². The van der Waals surface area contributed by atoms with Crippen molar-refractivity contribution in [2.45, 2.75) is 33.6 Å². The van der Waals surface area contributed by atoms with E-state index in [2.05, 4.69) is 9.97 Å². The van der Waals surface area contributed by atoms with E-state index in [1.54, 1.807) is 19.2 Å². The van der Waals surface area contributed by atoms with Crippen LogP contribution in [0.5, 0.6) is 0 Å². The first-order valence-electron chi connectivity index (χ1n) is 5.90. The largest absolute Gasteiger partial charge is 0.463 e. The standard InChI is InChI=1S/C13H18N2O2/c1-4-10-9-14-11(5-2)12(15-10)7-8-13(16)17-6-3/h7-9H,4-6H2,1-3H3/b8-7+. The lowest BCUT2D eigenvalue weighted by atomic mass is 10.2. The summed E-state index contributed by atoms with van der Waals surface area (Å²) in [5.74, 6) is -0.349. The third-order valence-electron chi connectivity index (χ3n) is 2.29. The molecule has 17 heavy (non-hydrogen) atoms. The molecule has 0 amide bonds. The fraction of sp³-hybridized carbons (Fsp3) is 0.462. The molecule has 0 aromatic carbocycles. The normalized spacial score (nSPS) is 10.8. The van der Waals surface area contributed by atoms with Crippen LogP contribution in [-0.4, -0.2) is 22.5 Å². The topological polar surface area (TPSA) is 52.1 Å². The first-order chi connectivity index (χ1) is 8.21. The maximum absolute atomic E-state index is 11.2. The van der Waals surface area contributed by atoms with Crippen molar-refractivity contribution in [3.05, 3.63) is 29.4 Å². The van der Waals surface area contributed by atoms with Crippen molar-refractivity contribution in [3.8, 4) is 0 Å². The number of nitrogens with zero attached hydrogens (tertiary/aromatic N) is 2. The Balaban J connectivity index is 2.91. The molecule has 0 N–H and O–H groups in total. The van der Waals surface area contributed by atoms with Crippen LogP contribution in [0.4, 0.5) is 0 Å². The molecule has 0 saturated heterocycles. The number of hydrogen-bond acceptors (Lipinski definition) is 4. The summed E-state index contributed by atoms with van der Waals surface area (Å²) in [7, 11) is 0. The number of aryl methyl sites for hydroxylation is 2. The number of ether oxygens (including phenoxy) is 1. The minimum atomic E-state index is -0.349. The Morgan fingerprint density at radius 2 is 2.12 bits per heavy atom. The molecule has 0 fully saturated rings. The highest BCUT2D eigenvalue weighted by molar-refractivity contribution is 5.86. The van der Waals surface area contributed by atoms with E-state index in [4.69, 9.17) is 4.74 Å². The van der Waals surface area contributed by atoms with Crippen LogP contribution in [0.25, 0.3) is 6.08 Å². The van der Waals surface area contributed by atoms with Gasteiger partial charge in [-0.05, 0) is 25.8 Å². The third kappa shape index (κ3) is 3.98. The minimum Gasteiger partial charge on any atom is -0.463 e. The van der Waals surface area contributed by atoms with Crippen molar-refractivity contribution in [2.24, 2.45) is 0 Å². The van der Waals surface area contributed by atoms with Crippen molar-refractivity contribution in [1.29, 1.82) is 0 Å². The van der Waals surface area contributed by atoms with Gasteiger partial charge in [0.1, 0.15) is 0 Å². The maximum Gasteiger partial charge on any atom is 0.330 e. The number of rotatable bonds is 5. The number of carbonyl (C=O) groups is 1. The summed E-state index contributed by atoms with van der Waals surface area (Å²) < 4.78 is 4.82. The molecule has 0 aliphatic rings. The number of aromatic nitrogens is 2. The summed E-state index contributed by atoms with van der Waals surface area (Å²) in [6.45, 7) is 6.19. The zero-order valence-corrected chi connectivity index (χ0v) is 10.6. The van der Waals surface area contributed by atoms with E-state index >= 15 is 0 Å². The third-order valence-corrected chi connectivity index (χ3v) is 2.29. The van der Waals surface area contributed by atoms with Gasteiger partial charge in [-0.1, -0.05) is 13.8 Å². The average Bonchev–Trinajstić information content (AvgIpc) is 2.36. The first kappa shape index (κ1) is 13.4. The van der Waals surface area contributed by atoms with Crippen LogP contribution < -0.4 is 0 Å². The van der Waals surface area contributed by atoms with Crippen molar-refractivity contribution < 1.29 is 9.53 Å². The highest BCUT2D eigenvalue weighted by Crippen LogP contribution is 2.08. The Hall–Kier alpha value is -1.71. The predicted octanol–water partition coefficient (Wildman–Crippen LogP) is 2.18. The van der Waals surface area contributed by atoms with Crippen LogP contribution in [-0.2, 0) is 22.4 Å². The summed E-state index contributed by atoms with van der Waals surface area (Å²) in [6.07, 6.45) is 6.46. The van der Waals surface area contributed by atoms with Crippen molar-refractivity contribution in [1.82, 2.24) is 9.97 Å². The molecule has 0 saturated carbocycles. The highest BCUT2D eigenvalue weighted by Gasteiger charge is 2.03. The van der Waals surface area contributed by atoms with Gasteiger partial charge in [-0.3, -0.25) is 4.98 Å². The Kier molecular flexibility index (Phi) is 5.33. The molecule has 0 radical (unpaired) electrons. The van der Waals surface area contributed by atoms with Gasteiger partial charge < -0.3 is 4.74 Å². The maximum atomic E-state index is 11.2. The van der Waals surface area contributed by atoms with Gasteiger partial charge in [-0.2, -0.15) is 0 Å². The highest BCUT2D eigenvalue weighted by atomic mass is 16.5. The van der Waals surface area contributed by atoms with E-state index in [9.17, 15) is 4.79 Å². The summed E-state index contributed by atoms with van der Waals surface area (Å²) in [6, 6.07) is 0. The van der Waals surface area contributed by atoms with E-state index in [-0.39, 0.29) is 5.97 Å². The van der Waals surface area contributed by atoms with Crippen molar-refractivity contribution in [2.75, 3.05) is 6.61 Å². The summed E-state index contributed by atoms with van der Waals surface area (Å²) in [5, 5.41) is 0. The van der Waals surface area contributed by atoms with E-state index < -0.39 is 0 Å². The van der Waals surface area contributed by atoms with Gasteiger partial charge in [0.05, 0.1) is 23.7 Å². The average molecular weight is 234 g/mol. The quantitative estimate of drug-likeness (QED) is 0.579. The predicted molar refractivity (Wildman–Crippen MR) is 66.5 cm³/mol. The van der Waals surface area contributed by atoms with E-state index in [0.717, 1.165) is 29.9 Å². The minimum absolute atomic E-state index is 0.349. The summed E-state index contributed by atoms with van der Waals surface area (Å²) in [5.41, 5.74) is 2.56. The molecule has 0 bridgehead atoms. The number of hydrogen-bond donors (Lipinski definition) is 0. The van der Waals surface area contributed by atoms with Crippen LogP contribution in [0.3, 0.4) is 0 Å². The smallest absolute Gasteiger partial charge is 0.330 e. The number of esters is 1. The molecule has 0 atom stereocenters. The second-order valence-corrected chi connectivity index (χ2v) is 3.49. The summed E-state index contributed by atoms with van der Waals surface area (Å²) >= 11 is 0. The van der Waals surface area contributed by atoms with Gasteiger partial charge in [0.25, 0.3) is 0 Å². The van der Waals surface area contributed by atoms with Gasteiger partial charge in [-0.15, -0.1) is 0 Å². The lowest BCUT2D eigenvalue weighted by Crippen LogP contribution is -2.02. The molecule has 1 rings (SSSR count). The van der Waals surface area contributed by atoms with Crippen LogP contribution >= 0.6 is 0 Å². The number of carbonyl (C=O) groups excluding carboxylic acids is 1. The second-order valence-electron chi connectivity index (χ2n) is 3.49. The summed E-state index contributed by atoms with van der Waals surface area (Å²) in [4.78, 5) is 20.0. The molecule has 1 aromatic rings. The lowest BCUT2D eigenvalue weighted by molar-refractivity contribution is -0.137. The van der Waals surface area contributed by atoms with Gasteiger partial charge in [-0.25, -0.2) is 9.78 Å². The monoisotopic (exact) mass is 234 g/mol. The van der Waals surface area contributed by atoms with E-state index in [1.165, 1.54) is 6.08 Å². The molecule has 0 aliphatic heterocycles. The second kappa shape index (κ2) is 6.78. The molecule has 92 valence electrons. The molecule has 1 heterocycles. The SMILES string of the molecule is CCOC(=O)/C=C/c1nc(CC)cnc1CC. The molecule has 1 aromatic heterocycles. The van der Waals surface area contributed by atoms with Crippen LogP contribution in [0, 0.1) is 0 Å². The molecular formula is C13H18N2O2. The zero-order chi connectivity index (χ0) is 12.7. The molecule has 4 nitrogen and oxygen atoms in total. The Bertz CT molecular complexity index is 414. The molecule has 4 heteroatoms. The van der Waals surface area contributed by atoms with Gasteiger partial charge >= 0.3 is 5.97 Å². The fourth-order valence-corrected chi connectivity index (χ4v) is 1.38. The van der Waals surface area contributed by atoms with Gasteiger partial charge in [0.2, 0.25) is 0 Å². The molecule has 0 unspecified atom stereocenters. The molecular weight excluding hydrogens is 216 g/mol. The van der Waals surface area contributed by atoms with Crippen LogP contribution in [0.2, 0.25) is 0 Å². The van der Waals surface area contributed by atoms with Crippen LogP contribution in [0.1, 0.15) is 37.9 Å². The van der Waals surface area contributed by atoms with Gasteiger partial charge in [0.15, 0.2) is 0 Å². The zero-order valence-electron chi connectivity index (χ0n) is 10.6. The van der Waals surface area contributed by atoms with E-state index in [1.807, 2.05) is 13.8 Å². The van der Waals surface area contributed by atoms with Crippen LogP contribution in [0.15, 0.2) is 12.3 Å². The van der Waals surface area contributed by atoms with Crippen molar-refractivity contribution in [3.63, 3.8) is 0 Å². The Morgan fingerprint density at radius 3 is 2.71 bits per heavy atom. The van der Waals surface area contributed by atoms with Gasteiger partial charge in [0, 0.05) is 12.3 Å². The van der Waals surface area contributed by atoms with Crippen molar-refractivity contribution >= 4 is 12.0 Å².